The zero-order valence-electron chi connectivity index (χ0n) is 20.1. The first kappa shape index (κ1) is 27.2. The molecule has 2 N–H and O–H groups in total. The number of esters is 1. The van der Waals surface area contributed by atoms with Crippen LogP contribution in [0.2, 0.25) is 0 Å². The highest BCUT2D eigenvalue weighted by Gasteiger charge is 2.34. The number of carbonyl (C=O) groups is 1. The monoisotopic (exact) mass is 424 g/mol. The van der Waals surface area contributed by atoms with Crippen LogP contribution in [0.5, 0.6) is 0 Å². The zero-order valence-corrected chi connectivity index (χ0v) is 20.1. The number of carbonyl (C=O) groups excluding carboxylic acids is 1. The Morgan fingerprint density at radius 2 is 1.90 bits per heavy atom. The minimum Gasteiger partial charge on any atom is -0.466 e. The van der Waals surface area contributed by atoms with Crippen molar-refractivity contribution in [2.45, 2.75) is 129 Å². The standard InChI is InChI=1S/C26H48O4/c1-5-8-13-21(4)26(29,19-6-2)20-18-22-16-17-24(27)23(22)14-11-9-10-12-15-25(28)30-7-3/h18,21,23-24,27,29H,5-17,19-20H2,1-4H3/t21?,23-,24-,26?/m1/s1. The van der Waals surface area contributed by atoms with E-state index < -0.39 is 5.60 Å². The molecule has 1 saturated carbocycles. The fourth-order valence-corrected chi connectivity index (χ4v) is 4.87. The quantitative estimate of drug-likeness (QED) is 0.172. The van der Waals surface area contributed by atoms with Crippen LogP contribution in [0.25, 0.3) is 0 Å². The molecule has 30 heavy (non-hydrogen) atoms. The van der Waals surface area contributed by atoms with Gasteiger partial charge >= 0.3 is 5.97 Å². The predicted molar refractivity (Wildman–Crippen MR) is 124 cm³/mol. The molecule has 0 aromatic rings. The number of aliphatic hydroxyl groups excluding tert-OH is 1. The topological polar surface area (TPSA) is 66.8 Å². The Bertz CT molecular complexity index is 501. The van der Waals surface area contributed by atoms with Crippen molar-refractivity contribution in [3.05, 3.63) is 11.6 Å². The van der Waals surface area contributed by atoms with Crippen molar-refractivity contribution in [1.29, 1.82) is 0 Å². The van der Waals surface area contributed by atoms with Gasteiger partial charge in [0.2, 0.25) is 0 Å². The summed E-state index contributed by atoms with van der Waals surface area (Å²) >= 11 is 0. The van der Waals surface area contributed by atoms with Crippen molar-refractivity contribution in [3.63, 3.8) is 0 Å². The van der Waals surface area contributed by atoms with Crippen LogP contribution in [0.1, 0.15) is 118 Å². The molecular formula is C26H48O4. The lowest BCUT2D eigenvalue weighted by molar-refractivity contribution is -0.143. The normalized spacial score (nSPS) is 23.5. The molecule has 0 spiro atoms. The first-order chi connectivity index (χ1) is 14.4. The fraction of sp³-hybridized carbons (Fsp3) is 0.885. The fourth-order valence-electron chi connectivity index (χ4n) is 4.87. The first-order valence-corrected chi connectivity index (χ1v) is 12.6. The number of hydrogen-bond acceptors (Lipinski definition) is 4. The van der Waals surface area contributed by atoms with Crippen molar-refractivity contribution in [2.24, 2.45) is 11.8 Å². The molecule has 1 rings (SSSR count). The van der Waals surface area contributed by atoms with Crippen LogP contribution >= 0.6 is 0 Å². The average Bonchev–Trinajstić information content (AvgIpc) is 3.07. The van der Waals surface area contributed by atoms with Crippen LogP contribution in [0.3, 0.4) is 0 Å². The molecule has 4 nitrogen and oxygen atoms in total. The molecule has 1 aliphatic carbocycles. The smallest absolute Gasteiger partial charge is 0.305 e. The third-order valence-electron chi connectivity index (χ3n) is 6.93. The Balaban J connectivity index is 2.52. The number of unbranched alkanes of at least 4 members (excludes halogenated alkanes) is 4. The lowest BCUT2D eigenvalue weighted by Gasteiger charge is -2.34. The number of aliphatic hydroxyl groups is 2. The molecule has 1 aliphatic rings. The molecule has 176 valence electrons. The first-order valence-electron chi connectivity index (χ1n) is 12.6. The van der Waals surface area contributed by atoms with Crippen molar-refractivity contribution in [3.8, 4) is 0 Å². The summed E-state index contributed by atoms with van der Waals surface area (Å²) in [4.78, 5) is 11.4. The van der Waals surface area contributed by atoms with Gasteiger partial charge in [-0.15, -0.1) is 0 Å². The van der Waals surface area contributed by atoms with E-state index in [1.54, 1.807) is 0 Å². The molecule has 0 aliphatic heterocycles. The molecule has 0 radical (unpaired) electrons. The minimum absolute atomic E-state index is 0.0957. The van der Waals surface area contributed by atoms with Gasteiger partial charge in [-0.1, -0.05) is 70.9 Å². The van der Waals surface area contributed by atoms with E-state index in [-0.39, 0.29) is 18.0 Å². The molecule has 1 fully saturated rings. The molecule has 0 heterocycles. The Morgan fingerprint density at radius 3 is 2.57 bits per heavy atom. The van der Waals surface area contributed by atoms with E-state index in [1.165, 1.54) is 18.4 Å². The SMILES string of the molecule is CCCCC(C)C(O)(CC=C1CC[C@@H](O)[C@@H]1CCCCCCC(=O)OCC)CCC. The predicted octanol–water partition coefficient (Wildman–Crippen LogP) is 6.34. The average molecular weight is 425 g/mol. The third-order valence-corrected chi connectivity index (χ3v) is 6.93. The summed E-state index contributed by atoms with van der Waals surface area (Å²) < 4.78 is 4.97. The van der Waals surface area contributed by atoms with Crippen molar-refractivity contribution in [1.82, 2.24) is 0 Å². The lowest BCUT2D eigenvalue weighted by Crippen LogP contribution is -2.36. The second kappa shape index (κ2) is 15.0. The molecule has 0 saturated heterocycles. The van der Waals surface area contributed by atoms with E-state index in [4.69, 9.17) is 4.74 Å². The van der Waals surface area contributed by atoms with Gasteiger partial charge in [-0.2, -0.15) is 0 Å². The molecule has 0 aromatic heterocycles. The molecule has 2 unspecified atom stereocenters. The maximum absolute atomic E-state index is 11.4. The Labute approximate surface area is 185 Å². The van der Waals surface area contributed by atoms with Crippen molar-refractivity contribution in [2.75, 3.05) is 6.61 Å². The second-order valence-corrected chi connectivity index (χ2v) is 9.35. The second-order valence-electron chi connectivity index (χ2n) is 9.35. The molecule has 0 aromatic carbocycles. The molecule has 4 atom stereocenters. The third kappa shape index (κ3) is 9.51. The van der Waals surface area contributed by atoms with Gasteiger partial charge in [-0.05, 0) is 57.8 Å². The Kier molecular flexibility index (Phi) is 13.6. The number of ether oxygens (including phenoxy) is 1. The van der Waals surface area contributed by atoms with E-state index >= 15 is 0 Å². The Hall–Kier alpha value is -0.870. The van der Waals surface area contributed by atoms with Crippen LogP contribution in [-0.4, -0.2) is 34.5 Å². The van der Waals surface area contributed by atoms with E-state index in [1.807, 2.05) is 6.92 Å². The van der Waals surface area contributed by atoms with Gasteiger partial charge in [-0.25, -0.2) is 0 Å². The van der Waals surface area contributed by atoms with E-state index in [0.29, 0.717) is 25.4 Å². The van der Waals surface area contributed by atoms with Crippen molar-refractivity contribution < 1.29 is 19.7 Å². The molecule has 0 amide bonds. The van der Waals surface area contributed by atoms with E-state index in [9.17, 15) is 15.0 Å². The number of hydrogen-bond donors (Lipinski definition) is 2. The van der Waals surface area contributed by atoms with E-state index in [0.717, 1.165) is 64.2 Å². The van der Waals surface area contributed by atoms with Crippen LogP contribution in [0.15, 0.2) is 11.6 Å². The summed E-state index contributed by atoms with van der Waals surface area (Å²) in [6.45, 7) is 8.84. The highest BCUT2D eigenvalue weighted by atomic mass is 16.5. The summed E-state index contributed by atoms with van der Waals surface area (Å²) in [5.41, 5.74) is 0.730. The lowest BCUT2D eigenvalue weighted by atomic mass is 9.78. The van der Waals surface area contributed by atoms with Gasteiger partial charge < -0.3 is 14.9 Å². The molecule has 0 bridgehead atoms. The summed E-state index contributed by atoms with van der Waals surface area (Å²) in [5, 5.41) is 21.8. The minimum atomic E-state index is -0.623. The van der Waals surface area contributed by atoms with Crippen LogP contribution in [-0.2, 0) is 9.53 Å². The van der Waals surface area contributed by atoms with Crippen molar-refractivity contribution >= 4 is 5.97 Å². The number of rotatable bonds is 16. The van der Waals surface area contributed by atoms with Gasteiger partial charge in [0.1, 0.15) is 0 Å². The highest BCUT2D eigenvalue weighted by Crippen LogP contribution is 2.38. The zero-order chi connectivity index (χ0) is 22.4. The maximum Gasteiger partial charge on any atom is 0.305 e. The summed E-state index contributed by atoms with van der Waals surface area (Å²) in [6.07, 6.45) is 15.4. The van der Waals surface area contributed by atoms with Crippen LogP contribution in [0.4, 0.5) is 0 Å². The Morgan fingerprint density at radius 1 is 1.17 bits per heavy atom. The van der Waals surface area contributed by atoms with Crippen LogP contribution < -0.4 is 0 Å². The summed E-state index contributed by atoms with van der Waals surface area (Å²) in [6, 6.07) is 0. The van der Waals surface area contributed by atoms with Gasteiger partial charge in [-0.3, -0.25) is 4.79 Å². The largest absolute Gasteiger partial charge is 0.466 e. The van der Waals surface area contributed by atoms with E-state index in [2.05, 4.69) is 26.8 Å². The highest BCUT2D eigenvalue weighted by molar-refractivity contribution is 5.69. The van der Waals surface area contributed by atoms with Gasteiger partial charge in [0.25, 0.3) is 0 Å². The molecule has 4 heteroatoms. The summed E-state index contributed by atoms with van der Waals surface area (Å²) in [7, 11) is 0. The summed E-state index contributed by atoms with van der Waals surface area (Å²) in [5.74, 6) is 0.451. The van der Waals surface area contributed by atoms with Gasteiger partial charge in [0, 0.05) is 12.3 Å². The van der Waals surface area contributed by atoms with Gasteiger partial charge in [0.05, 0.1) is 18.3 Å². The van der Waals surface area contributed by atoms with Crippen LogP contribution in [0, 0.1) is 11.8 Å². The van der Waals surface area contributed by atoms with Gasteiger partial charge in [0.15, 0.2) is 0 Å². The maximum atomic E-state index is 11.4. The molecular weight excluding hydrogens is 376 g/mol.